The summed E-state index contributed by atoms with van der Waals surface area (Å²) >= 11 is 0. The van der Waals surface area contributed by atoms with Crippen LogP contribution >= 0.6 is 0 Å². The summed E-state index contributed by atoms with van der Waals surface area (Å²) in [6, 6.07) is 14.9. The number of benzene rings is 1. The molecule has 2 heterocycles. The maximum absolute atomic E-state index is 13.2. The number of carbonyl (C=O) groups is 1. The minimum absolute atomic E-state index is 0.0919. The number of pyridine rings is 2. The molecule has 1 aliphatic carbocycles. The van der Waals surface area contributed by atoms with Gasteiger partial charge < -0.3 is 9.88 Å². The Morgan fingerprint density at radius 3 is 2.68 bits per heavy atom. The zero-order valence-electron chi connectivity index (χ0n) is 13.6. The van der Waals surface area contributed by atoms with Crippen molar-refractivity contribution < 1.29 is 4.79 Å². The van der Waals surface area contributed by atoms with E-state index in [1.54, 1.807) is 41.6 Å². The number of amides is 1. The number of hydrogen-bond donors (Lipinski definition) is 1. The molecule has 0 aliphatic heterocycles. The largest absolute Gasteiger partial charge is 0.328 e. The molecule has 0 saturated heterocycles. The fourth-order valence-electron chi connectivity index (χ4n) is 3.47. The normalized spacial score (nSPS) is 15.6. The van der Waals surface area contributed by atoms with Crippen LogP contribution < -0.4 is 10.5 Å². The number of nitrogens with zero attached hydrogens (tertiary/aromatic N) is 2. The van der Waals surface area contributed by atoms with E-state index in [0.29, 0.717) is 0 Å². The van der Waals surface area contributed by atoms with Gasteiger partial charge in [0.15, 0.2) is 0 Å². The van der Waals surface area contributed by atoms with Gasteiger partial charge in [-0.1, -0.05) is 24.3 Å². The second kappa shape index (κ2) is 6.36. The number of anilines is 1. The third kappa shape index (κ3) is 2.74. The molecule has 25 heavy (non-hydrogen) atoms. The van der Waals surface area contributed by atoms with Gasteiger partial charge in [0.25, 0.3) is 11.5 Å². The van der Waals surface area contributed by atoms with Crippen LogP contribution in [0.5, 0.6) is 0 Å². The minimum atomic E-state index is -0.377. The quantitative estimate of drug-likeness (QED) is 0.802. The predicted octanol–water partition coefficient (Wildman–Crippen LogP) is 3.10. The number of aromatic nitrogens is 2. The van der Waals surface area contributed by atoms with Crippen molar-refractivity contribution in [2.75, 3.05) is 4.90 Å². The van der Waals surface area contributed by atoms with Gasteiger partial charge in [-0.25, -0.2) is 0 Å². The summed E-state index contributed by atoms with van der Waals surface area (Å²) < 4.78 is 0. The van der Waals surface area contributed by atoms with E-state index >= 15 is 0 Å². The Morgan fingerprint density at radius 1 is 1.08 bits per heavy atom. The first-order valence-corrected chi connectivity index (χ1v) is 8.25. The lowest BCUT2D eigenvalue weighted by Crippen LogP contribution is -2.37. The number of fused-ring (bicyclic) bond motifs is 1. The van der Waals surface area contributed by atoms with Gasteiger partial charge in [-0.05, 0) is 48.2 Å². The van der Waals surface area contributed by atoms with Crippen LogP contribution in [0.1, 0.15) is 33.9 Å². The summed E-state index contributed by atoms with van der Waals surface area (Å²) in [7, 11) is 0. The zero-order valence-corrected chi connectivity index (χ0v) is 13.6. The number of aryl methyl sites for hydroxylation is 1. The number of carbonyl (C=O) groups excluding carboxylic acids is 1. The highest BCUT2D eigenvalue weighted by Gasteiger charge is 2.33. The van der Waals surface area contributed by atoms with Crippen molar-refractivity contribution in [2.45, 2.75) is 18.9 Å². The van der Waals surface area contributed by atoms with Gasteiger partial charge in [-0.2, -0.15) is 0 Å². The van der Waals surface area contributed by atoms with Crippen LogP contribution in [0.15, 0.2) is 71.9 Å². The molecule has 5 heteroatoms. The monoisotopic (exact) mass is 331 g/mol. The molecule has 3 aromatic rings. The Morgan fingerprint density at radius 2 is 1.88 bits per heavy atom. The lowest BCUT2D eigenvalue weighted by molar-refractivity contribution is 0.0974. The average Bonchev–Trinajstić information content (AvgIpc) is 3.07. The standard InChI is InChI=1S/C20H17N3O2/c24-19-17(6-3-11-22-19)20(25)23(15-9-12-21-13-10-15)18-8-7-14-4-1-2-5-16(14)18/h1-6,9-13,18H,7-8H2,(H,22,24)/t18-/m1/s1. The lowest BCUT2D eigenvalue weighted by atomic mass is 10.0. The minimum Gasteiger partial charge on any atom is -0.328 e. The summed E-state index contributed by atoms with van der Waals surface area (Å²) in [6.07, 6.45) is 6.59. The lowest BCUT2D eigenvalue weighted by Gasteiger charge is -2.29. The van der Waals surface area contributed by atoms with E-state index in [2.05, 4.69) is 22.1 Å². The van der Waals surface area contributed by atoms with E-state index in [4.69, 9.17) is 0 Å². The summed E-state index contributed by atoms with van der Waals surface area (Å²) in [5.41, 5.74) is 2.90. The summed E-state index contributed by atoms with van der Waals surface area (Å²) in [5.74, 6) is -0.297. The van der Waals surface area contributed by atoms with Crippen molar-refractivity contribution in [1.29, 1.82) is 0 Å². The first-order chi connectivity index (χ1) is 12.3. The van der Waals surface area contributed by atoms with Crippen molar-refractivity contribution in [3.05, 3.63) is 94.2 Å². The molecular formula is C20H17N3O2. The van der Waals surface area contributed by atoms with E-state index in [1.165, 1.54) is 11.8 Å². The Hall–Kier alpha value is -3.21. The molecule has 5 nitrogen and oxygen atoms in total. The highest BCUT2D eigenvalue weighted by atomic mass is 16.2. The molecule has 2 aromatic heterocycles. The zero-order chi connectivity index (χ0) is 17.2. The molecule has 1 atom stereocenters. The Bertz CT molecular complexity index is 966. The first-order valence-electron chi connectivity index (χ1n) is 8.25. The SMILES string of the molecule is O=C(c1ccc[nH]c1=O)N(c1ccncc1)[C@@H]1CCc2ccccc21. The van der Waals surface area contributed by atoms with E-state index in [1.807, 2.05) is 12.1 Å². The van der Waals surface area contributed by atoms with E-state index in [-0.39, 0.29) is 23.1 Å². The van der Waals surface area contributed by atoms with Crippen LogP contribution in [0.2, 0.25) is 0 Å². The number of hydrogen-bond acceptors (Lipinski definition) is 3. The van der Waals surface area contributed by atoms with Crippen LogP contribution in [0.3, 0.4) is 0 Å². The Labute approximate surface area is 145 Å². The topological polar surface area (TPSA) is 66.1 Å². The van der Waals surface area contributed by atoms with Crippen molar-refractivity contribution in [2.24, 2.45) is 0 Å². The van der Waals surface area contributed by atoms with Crippen LogP contribution in [-0.2, 0) is 6.42 Å². The Kier molecular flexibility index (Phi) is 3.90. The fraction of sp³-hybridized carbons (Fsp3) is 0.150. The number of H-pyrrole nitrogens is 1. The molecule has 0 radical (unpaired) electrons. The van der Waals surface area contributed by atoms with Crippen molar-refractivity contribution in [3.8, 4) is 0 Å². The highest BCUT2D eigenvalue weighted by Crippen LogP contribution is 2.38. The van der Waals surface area contributed by atoms with Crippen LogP contribution in [0.4, 0.5) is 5.69 Å². The second-order valence-corrected chi connectivity index (χ2v) is 6.05. The van der Waals surface area contributed by atoms with Crippen LogP contribution in [-0.4, -0.2) is 15.9 Å². The highest BCUT2D eigenvalue weighted by molar-refractivity contribution is 6.06. The first kappa shape index (κ1) is 15.3. The predicted molar refractivity (Wildman–Crippen MR) is 95.6 cm³/mol. The van der Waals surface area contributed by atoms with E-state index < -0.39 is 0 Å². The molecule has 4 rings (SSSR count). The number of aromatic amines is 1. The van der Waals surface area contributed by atoms with Crippen LogP contribution in [0, 0.1) is 0 Å². The summed E-state index contributed by atoms with van der Waals surface area (Å²) in [4.78, 5) is 33.7. The third-order valence-corrected chi connectivity index (χ3v) is 4.62. The molecule has 0 bridgehead atoms. The molecule has 1 amide bonds. The van der Waals surface area contributed by atoms with Gasteiger partial charge in [0, 0.05) is 24.3 Å². The van der Waals surface area contributed by atoms with Gasteiger partial charge in [0.2, 0.25) is 0 Å². The summed E-state index contributed by atoms with van der Waals surface area (Å²) in [5, 5.41) is 0. The van der Waals surface area contributed by atoms with Crippen LogP contribution in [0.25, 0.3) is 0 Å². The molecule has 1 aromatic carbocycles. The molecule has 0 fully saturated rings. The van der Waals surface area contributed by atoms with Gasteiger partial charge in [-0.3, -0.25) is 14.6 Å². The molecule has 124 valence electrons. The van der Waals surface area contributed by atoms with Gasteiger partial charge in [0.05, 0.1) is 6.04 Å². The Balaban J connectivity index is 1.83. The maximum Gasteiger partial charge on any atom is 0.264 e. The molecule has 1 aliphatic rings. The molecular weight excluding hydrogens is 314 g/mol. The second-order valence-electron chi connectivity index (χ2n) is 6.05. The molecule has 0 unspecified atom stereocenters. The molecule has 0 spiro atoms. The van der Waals surface area contributed by atoms with Gasteiger partial charge in [-0.15, -0.1) is 0 Å². The molecule has 0 saturated carbocycles. The van der Waals surface area contributed by atoms with Crippen molar-refractivity contribution in [3.63, 3.8) is 0 Å². The third-order valence-electron chi connectivity index (χ3n) is 4.62. The number of rotatable bonds is 3. The smallest absolute Gasteiger partial charge is 0.264 e. The van der Waals surface area contributed by atoms with Gasteiger partial charge >= 0.3 is 0 Å². The summed E-state index contributed by atoms with van der Waals surface area (Å²) in [6.45, 7) is 0. The number of nitrogens with one attached hydrogen (secondary N) is 1. The van der Waals surface area contributed by atoms with E-state index in [0.717, 1.165) is 24.1 Å². The average molecular weight is 331 g/mol. The van der Waals surface area contributed by atoms with E-state index in [9.17, 15) is 9.59 Å². The van der Waals surface area contributed by atoms with Crippen molar-refractivity contribution >= 4 is 11.6 Å². The van der Waals surface area contributed by atoms with Gasteiger partial charge in [0.1, 0.15) is 5.56 Å². The fourth-order valence-corrected chi connectivity index (χ4v) is 3.47. The molecule has 1 N–H and O–H groups in total. The maximum atomic E-state index is 13.2. The van der Waals surface area contributed by atoms with Crippen molar-refractivity contribution in [1.82, 2.24) is 9.97 Å².